The Balaban J connectivity index is 1.91. The number of hydrogen-bond acceptors (Lipinski definition) is 4. The van der Waals surface area contributed by atoms with Gasteiger partial charge in [0.2, 0.25) is 0 Å². The molecule has 180 valence electrons. The normalized spacial score (nSPS) is 19.1. The Morgan fingerprint density at radius 2 is 1.91 bits per heavy atom. The number of anilines is 1. The van der Waals surface area contributed by atoms with Crippen molar-refractivity contribution in [2.45, 2.75) is 57.0 Å². The van der Waals surface area contributed by atoms with Crippen LogP contribution < -0.4 is 15.4 Å². The van der Waals surface area contributed by atoms with Crippen molar-refractivity contribution in [3.63, 3.8) is 0 Å². The highest BCUT2D eigenvalue weighted by atomic mass is 35.5. The van der Waals surface area contributed by atoms with Crippen LogP contribution in [0.25, 0.3) is 0 Å². The molecule has 3 rings (SSSR count). The van der Waals surface area contributed by atoms with E-state index in [0.717, 1.165) is 12.7 Å². The number of urea groups is 1. The summed E-state index contributed by atoms with van der Waals surface area (Å²) in [7, 11) is 1.15. The van der Waals surface area contributed by atoms with Crippen LogP contribution in [0.2, 0.25) is 5.02 Å². The van der Waals surface area contributed by atoms with Gasteiger partial charge in [0.25, 0.3) is 0 Å². The summed E-state index contributed by atoms with van der Waals surface area (Å²) in [5.74, 6) is -0.304. The Kier molecular flexibility index (Phi) is 6.89. The van der Waals surface area contributed by atoms with Crippen molar-refractivity contribution in [3.8, 4) is 5.75 Å². The first kappa shape index (κ1) is 25.1. The molecule has 6 nitrogen and oxygen atoms in total. The van der Waals surface area contributed by atoms with Crippen molar-refractivity contribution in [1.82, 2.24) is 5.32 Å². The molecule has 1 aliphatic carbocycles. The van der Waals surface area contributed by atoms with Crippen LogP contribution in [0.1, 0.15) is 55.2 Å². The molecule has 33 heavy (non-hydrogen) atoms. The molecule has 0 aliphatic heterocycles. The van der Waals surface area contributed by atoms with Crippen molar-refractivity contribution in [2.75, 3.05) is 12.4 Å². The number of ether oxygens (including phenoxy) is 1. The maximum atomic E-state index is 13.3. The average molecular weight is 487 g/mol. The number of halogens is 4. The monoisotopic (exact) mass is 486 g/mol. The van der Waals surface area contributed by atoms with Crippen LogP contribution in [0.3, 0.4) is 0 Å². The number of hydrogen-bond donors (Lipinski definition) is 4. The summed E-state index contributed by atoms with van der Waals surface area (Å²) < 4.78 is 45.1. The van der Waals surface area contributed by atoms with E-state index in [9.17, 15) is 28.2 Å². The van der Waals surface area contributed by atoms with Crippen LogP contribution >= 0.6 is 11.6 Å². The zero-order chi connectivity index (χ0) is 24.7. The topological polar surface area (TPSA) is 90.8 Å². The number of carbonyl (C=O) groups excluding carboxylic acids is 1. The Morgan fingerprint density at radius 3 is 2.45 bits per heavy atom. The molecule has 0 saturated heterocycles. The molecule has 0 fully saturated rings. The van der Waals surface area contributed by atoms with Gasteiger partial charge in [0.05, 0.1) is 24.9 Å². The van der Waals surface area contributed by atoms with E-state index in [1.807, 2.05) is 0 Å². The first-order valence-electron chi connectivity index (χ1n) is 10.2. The molecular weight excluding hydrogens is 461 g/mol. The number of carbonyl (C=O) groups is 1. The van der Waals surface area contributed by atoms with Gasteiger partial charge in [-0.25, -0.2) is 4.79 Å². The van der Waals surface area contributed by atoms with Crippen molar-refractivity contribution in [3.05, 3.63) is 57.6 Å². The van der Waals surface area contributed by atoms with Gasteiger partial charge in [0, 0.05) is 10.6 Å². The van der Waals surface area contributed by atoms with E-state index in [1.54, 1.807) is 39.0 Å². The number of nitrogens with one attached hydrogen (secondary N) is 2. The van der Waals surface area contributed by atoms with Gasteiger partial charge in [-0.2, -0.15) is 13.2 Å². The molecule has 0 radical (unpaired) electrons. The molecule has 0 bridgehead atoms. The Labute approximate surface area is 194 Å². The predicted molar refractivity (Wildman–Crippen MR) is 119 cm³/mol. The molecule has 2 aromatic carbocycles. The van der Waals surface area contributed by atoms with Gasteiger partial charge < -0.3 is 25.6 Å². The van der Waals surface area contributed by atoms with Gasteiger partial charge in [-0.05, 0) is 46.7 Å². The number of aliphatic hydroxyl groups is 2. The van der Waals surface area contributed by atoms with E-state index in [1.165, 1.54) is 12.1 Å². The van der Waals surface area contributed by atoms with Crippen molar-refractivity contribution < 1.29 is 32.9 Å². The number of fused-ring (bicyclic) bond motifs is 1. The molecule has 1 aliphatic rings. The first-order valence-corrected chi connectivity index (χ1v) is 10.6. The summed E-state index contributed by atoms with van der Waals surface area (Å²) in [6.07, 6.45) is -8.43. The largest absolute Gasteiger partial charge is 0.494 e. The lowest BCUT2D eigenvalue weighted by Crippen LogP contribution is -2.40. The maximum Gasteiger partial charge on any atom is 0.418 e. The van der Waals surface area contributed by atoms with Crippen LogP contribution in [-0.2, 0) is 11.8 Å². The molecular formula is C23H26ClF3N2O4. The number of rotatable bonds is 4. The molecule has 10 heteroatoms. The number of amides is 2. The summed E-state index contributed by atoms with van der Waals surface area (Å²) in [4.78, 5) is 12.8. The Bertz CT molecular complexity index is 1050. The van der Waals surface area contributed by atoms with E-state index in [0.29, 0.717) is 22.6 Å². The lowest BCUT2D eigenvalue weighted by atomic mass is 9.84. The highest BCUT2D eigenvalue weighted by Crippen LogP contribution is 2.43. The van der Waals surface area contributed by atoms with E-state index in [4.69, 9.17) is 16.3 Å². The van der Waals surface area contributed by atoms with E-state index in [2.05, 4.69) is 10.6 Å². The minimum absolute atomic E-state index is 0.0382. The highest BCUT2D eigenvalue weighted by Gasteiger charge is 2.42. The summed E-state index contributed by atoms with van der Waals surface area (Å²) in [6, 6.07) is 6.39. The maximum absolute atomic E-state index is 13.3. The van der Waals surface area contributed by atoms with Crippen molar-refractivity contribution in [1.29, 1.82) is 0 Å². The molecule has 1 unspecified atom stereocenters. The summed E-state index contributed by atoms with van der Waals surface area (Å²) in [5.41, 5.74) is 0.656. The fraction of sp³-hybridized carbons (Fsp3) is 0.435. The fourth-order valence-corrected chi connectivity index (χ4v) is 4.12. The zero-order valence-corrected chi connectivity index (χ0v) is 19.3. The van der Waals surface area contributed by atoms with Crippen LogP contribution in [-0.4, -0.2) is 35.6 Å². The second-order valence-corrected chi connectivity index (χ2v) is 9.41. The van der Waals surface area contributed by atoms with E-state index < -0.39 is 41.4 Å². The fourth-order valence-electron chi connectivity index (χ4n) is 3.86. The van der Waals surface area contributed by atoms with Gasteiger partial charge in [-0.1, -0.05) is 44.5 Å². The average Bonchev–Trinajstić information content (AvgIpc) is 3.02. The number of benzene rings is 2. The molecule has 0 aromatic heterocycles. The van der Waals surface area contributed by atoms with Crippen LogP contribution in [0, 0.1) is 0 Å². The molecule has 0 spiro atoms. The second-order valence-electron chi connectivity index (χ2n) is 9.00. The van der Waals surface area contributed by atoms with Gasteiger partial charge in [0.15, 0.2) is 6.10 Å². The van der Waals surface area contributed by atoms with Crippen LogP contribution in [0.15, 0.2) is 30.3 Å². The minimum Gasteiger partial charge on any atom is -0.494 e. The summed E-state index contributed by atoms with van der Waals surface area (Å²) in [6.45, 7) is 5.37. The quantitative estimate of drug-likeness (QED) is 0.488. The molecule has 0 heterocycles. The van der Waals surface area contributed by atoms with E-state index in [-0.39, 0.29) is 11.4 Å². The van der Waals surface area contributed by atoms with Crippen molar-refractivity contribution in [2.24, 2.45) is 0 Å². The first-order chi connectivity index (χ1) is 15.2. The SMILES string of the molecule is COc1c(NC(=O)N[C@@H]2Cc3c(Cl)cccc3[C@@H]2O)cc(C(C)(C)C)cc1C(O)C(F)(F)F. The van der Waals surface area contributed by atoms with Crippen LogP contribution in [0.4, 0.5) is 23.7 Å². The van der Waals surface area contributed by atoms with E-state index >= 15 is 0 Å². The molecule has 3 atom stereocenters. The summed E-state index contributed by atoms with van der Waals surface area (Å²) >= 11 is 6.18. The number of aliphatic hydroxyl groups excluding tert-OH is 2. The third-order valence-electron chi connectivity index (χ3n) is 5.64. The smallest absolute Gasteiger partial charge is 0.418 e. The Morgan fingerprint density at radius 1 is 1.24 bits per heavy atom. The van der Waals surface area contributed by atoms with Crippen molar-refractivity contribution >= 4 is 23.3 Å². The lowest BCUT2D eigenvalue weighted by molar-refractivity contribution is -0.207. The second kappa shape index (κ2) is 9.04. The van der Waals surface area contributed by atoms with Gasteiger partial charge in [-0.15, -0.1) is 0 Å². The molecule has 4 N–H and O–H groups in total. The molecule has 2 amide bonds. The predicted octanol–water partition coefficient (Wildman–Crippen LogP) is 5.02. The third-order valence-corrected chi connectivity index (χ3v) is 5.99. The van der Waals surface area contributed by atoms with Gasteiger partial charge >= 0.3 is 12.2 Å². The Hall–Kier alpha value is -2.49. The highest BCUT2D eigenvalue weighted by molar-refractivity contribution is 6.31. The number of alkyl halides is 3. The lowest BCUT2D eigenvalue weighted by Gasteiger charge is -2.26. The zero-order valence-electron chi connectivity index (χ0n) is 18.5. The van der Waals surface area contributed by atoms with Gasteiger partial charge in [0.1, 0.15) is 5.75 Å². The standard InChI is InChI=1S/C23H26ClF3N2O4/c1-22(2,3)11-8-14(20(31)23(25,26)27)19(33-4)17(9-11)29-21(32)28-16-10-13-12(18(16)30)6-5-7-15(13)24/h5-9,16,18,20,30-31H,10H2,1-4H3,(H2,28,29,32)/t16-,18+,20?/m1/s1. The molecule has 0 saturated carbocycles. The summed E-state index contributed by atoms with van der Waals surface area (Å²) in [5, 5.41) is 26.1. The van der Waals surface area contributed by atoms with Gasteiger partial charge in [-0.3, -0.25) is 0 Å². The third kappa shape index (κ3) is 5.20. The molecule has 2 aromatic rings. The number of methoxy groups -OCH3 is 1. The minimum atomic E-state index is -4.93. The van der Waals surface area contributed by atoms with Crippen LogP contribution in [0.5, 0.6) is 5.75 Å².